The molecule has 0 saturated carbocycles. The summed E-state index contributed by atoms with van der Waals surface area (Å²) in [5, 5.41) is 0. The molecule has 1 saturated heterocycles. The zero-order valence-electron chi connectivity index (χ0n) is 13.9. The molecule has 1 aromatic carbocycles. The number of halogens is 1. The molecule has 0 aromatic heterocycles. The highest BCUT2D eigenvalue weighted by atomic mass is 79.9. The van der Waals surface area contributed by atoms with E-state index in [9.17, 15) is 13.2 Å². The lowest BCUT2D eigenvalue weighted by atomic mass is 10.3. The Balaban J connectivity index is 1.73. The van der Waals surface area contributed by atoms with Gasteiger partial charge in [0, 0.05) is 37.6 Å². The van der Waals surface area contributed by atoms with Crippen LogP contribution in [0.25, 0.3) is 0 Å². The summed E-state index contributed by atoms with van der Waals surface area (Å²) in [5.41, 5.74) is 0. The van der Waals surface area contributed by atoms with Crippen LogP contribution >= 0.6 is 15.9 Å². The fourth-order valence-electron chi connectivity index (χ4n) is 2.60. The summed E-state index contributed by atoms with van der Waals surface area (Å²) in [5.74, 6) is -0.0484. The maximum Gasteiger partial charge on any atom is 0.240 e. The first-order chi connectivity index (χ1) is 11.4. The largest absolute Gasteiger partial charge is 0.344 e. The van der Waals surface area contributed by atoms with Crippen molar-refractivity contribution in [3.8, 4) is 0 Å². The third kappa shape index (κ3) is 5.84. The minimum atomic E-state index is -3.57. The zero-order chi connectivity index (χ0) is 17.6. The van der Waals surface area contributed by atoms with Crippen molar-refractivity contribution in [3.05, 3.63) is 28.7 Å². The standard InChI is InChI=1S/C16H24BrN3O3S/c1-19(12-13-20-10-2-3-11-20)16(21)8-9-18-24(22,23)15-6-4-14(17)5-7-15/h4-7,18H,2-3,8-13H2,1H3. The van der Waals surface area contributed by atoms with Gasteiger partial charge in [-0.25, -0.2) is 13.1 Å². The highest BCUT2D eigenvalue weighted by Gasteiger charge is 2.16. The maximum absolute atomic E-state index is 12.1. The monoisotopic (exact) mass is 417 g/mol. The number of sulfonamides is 1. The number of benzene rings is 1. The lowest BCUT2D eigenvalue weighted by Gasteiger charge is -2.21. The van der Waals surface area contributed by atoms with Crippen LogP contribution in [0.15, 0.2) is 33.6 Å². The smallest absolute Gasteiger partial charge is 0.240 e. The average Bonchev–Trinajstić information content (AvgIpc) is 3.06. The molecule has 1 aliphatic rings. The lowest BCUT2D eigenvalue weighted by Crippen LogP contribution is -2.37. The number of nitrogens with one attached hydrogen (secondary N) is 1. The summed E-state index contributed by atoms with van der Waals surface area (Å²) >= 11 is 3.27. The number of rotatable bonds is 8. The van der Waals surface area contributed by atoms with Gasteiger partial charge < -0.3 is 9.80 Å². The Hall–Kier alpha value is -0.960. The number of nitrogens with zero attached hydrogens (tertiary/aromatic N) is 2. The minimum absolute atomic E-state index is 0.0484. The minimum Gasteiger partial charge on any atom is -0.344 e. The quantitative estimate of drug-likeness (QED) is 0.698. The van der Waals surface area contributed by atoms with Crippen LogP contribution in [0.2, 0.25) is 0 Å². The van der Waals surface area contributed by atoms with Gasteiger partial charge in [0.15, 0.2) is 0 Å². The number of carbonyl (C=O) groups excluding carboxylic acids is 1. The van der Waals surface area contributed by atoms with Crippen LogP contribution in [0.3, 0.4) is 0 Å². The van der Waals surface area contributed by atoms with Crippen LogP contribution in [0, 0.1) is 0 Å². The molecule has 24 heavy (non-hydrogen) atoms. The first-order valence-electron chi connectivity index (χ1n) is 8.10. The molecule has 0 spiro atoms. The molecule has 0 atom stereocenters. The number of likely N-dealkylation sites (tertiary alicyclic amines) is 1. The first kappa shape index (κ1) is 19.4. The van der Waals surface area contributed by atoms with E-state index in [1.165, 1.54) is 25.0 Å². The predicted molar refractivity (Wildman–Crippen MR) is 97.3 cm³/mol. The Morgan fingerprint density at radius 3 is 2.50 bits per heavy atom. The number of hydrogen-bond acceptors (Lipinski definition) is 4. The van der Waals surface area contributed by atoms with E-state index in [-0.39, 0.29) is 23.8 Å². The van der Waals surface area contributed by atoms with Crippen molar-refractivity contribution in [1.29, 1.82) is 0 Å². The SMILES string of the molecule is CN(CCN1CCCC1)C(=O)CCNS(=O)(=O)c1ccc(Br)cc1. The van der Waals surface area contributed by atoms with Gasteiger partial charge in [-0.15, -0.1) is 0 Å². The molecule has 6 nitrogen and oxygen atoms in total. The molecule has 0 bridgehead atoms. The molecule has 1 aliphatic heterocycles. The van der Waals surface area contributed by atoms with Crippen molar-refractivity contribution >= 4 is 31.9 Å². The van der Waals surface area contributed by atoms with Crippen molar-refractivity contribution in [3.63, 3.8) is 0 Å². The molecular formula is C16H24BrN3O3S. The number of carbonyl (C=O) groups is 1. The fourth-order valence-corrected chi connectivity index (χ4v) is 3.90. The molecule has 0 radical (unpaired) electrons. The molecule has 1 aromatic rings. The van der Waals surface area contributed by atoms with E-state index >= 15 is 0 Å². The molecule has 8 heteroatoms. The molecule has 1 heterocycles. The number of hydrogen-bond donors (Lipinski definition) is 1. The third-order valence-electron chi connectivity index (χ3n) is 4.13. The van der Waals surface area contributed by atoms with Crippen LogP contribution in [-0.2, 0) is 14.8 Å². The summed E-state index contributed by atoms with van der Waals surface area (Å²) in [6.45, 7) is 3.88. The Bertz CT molecular complexity index is 643. The van der Waals surface area contributed by atoms with Gasteiger partial charge in [-0.1, -0.05) is 15.9 Å². The second kappa shape index (κ2) is 8.94. The zero-order valence-corrected chi connectivity index (χ0v) is 16.3. The van der Waals surface area contributed by atoms with Gasteiger partial charge in [-0.2, -0.15) is 0 Å². The van der Waals surface area contributed by atoms with Gasteiger partial charge >= 0.3 is 0 Å². The molecule has 0 aliphatic carbocycles. The van der Waals surface area contributed by atoms with E-state index in [0.29, 0.717) is 6.54 Å². The summed E-state index contributed by atoms with van der Waals surface area (Å²) in [6.07, 6.45) is 2.62. The molecule has 134 valence electrons. The highest BCUT2D eigenvalue weighted by molar-refractivity contribution is 9.10. The molecular weight excluding hydrogens is 394 g/mol. The summed E-state index contributed by atoms with van der Waals surface area (Å²) < 4.78 is 27.6. The van der Waals surface area contributed by atoms with Gasteiger partial charge in [0.25, 0.3) is 0 Å². The normalized spacial score (nSPS) is 15.6. The number of likely N-dealkylation sites (N-methyl/N-ethyl adjacent to an activating group) is 1. The summed E-state index contributed by atoms with van der Waals surface area (Å²) in [7, 11) is -1.81. The Labute approximate surface area is 152 Å². The van der Waals surface area contributed by atoms with E-state index in [4.69, 9.17) is 0 Å². The maximum atomic E-state index is 12.1. The van der Waals surface area contributed by atoms with Gasteiger partial charge in [-0.05, 0) is 50.2 Å². The lowest BCUT2D eigenvalue weighted by molar-refractivity contribution is -0.129. The van der Waals surface area contributed by atoms with Crippen LogP contribution in [0.1, 0.15) is 19.3 Å². The second-order valence-corrected chi connectivity index (χ2v) is 8.65. The van der Waals surface area contributed by atoms with Gasteiger partial charge in [0.1, 0.15) is 0 Å². The third-order valence-corrected chi connectivity index (χ3v) is 6.14. The molecule has 1 fully saturated rings. The Morgan fingerprint density at radius 2 is 1.88 bits per heavy atom. The van der Waals surface area contributed by atoms with Crippen molar-refractivity contribution in [2.24, 2.45) is 0 Å². The molecule has 2 rings (SSSR count). The molecule has 1 N–H and O–H groups in total. The Kier molecular flexibility index (Phi) is 7.21. The van der Waals surface area contributed by atoms with Gasteiger partial charge in [0.05, 0.1) is 4.90 Å². The van der Waals surface area contributed by atoms with E-state index in [1.807, 2.05) is 0 Å². The van der Waals surface area contributed by atoms with E-state index in [2.05, 4.69) is 25.6 Å². The highest BCUT2D eigenvalue weighted by Crippen LogP contribution is 2.14. The topological polar surface area (TPSA) is 69.7 Å². The number of amides is 1. The van der Waals surface area contributed by atoms with Crippen molar-refractivity contribution in [2.45, 2.75) is 24.2 Å². The van der Waals surface area contributed by atoms with E-state index in [1.54, 1.807) is 24.1 Å². The van der Waals surface area contributed by atoms with E-state index in [0.717, 1.165) is 24.1 Å². The summed E-state index contributed by atoms with van der Waals surface area (Å²) in [6, 6.07) is 6.39. The van der Waals surface area contributed by atoms with Crippen LogP contribution < -0.4 is 4.72 Å². The fraction of sp³-hybridized carbons (Fsp3) is 0.562. The van der Waals surface area contributed by atoms with Gasteiger partial charge in [0.2, 0.25) is 15.9 Å². The van der Waals surface area contributed by atoms with E-state index < -0.39 is 10.0 Å². The van der Waals surface area contributed by atoms with Crippen molar-refractivity contribution < 1.29 is 13.2 Å². The second-order valence-electron chi connectivity index (χ2n) is 5.97. The van der Waals surface area contributed by atoms with Crippen molar-refractivity contribution in [2.75, 3.05) is 39.8 Å². The van der Waals surface area contributed by atoms with Crippen molar-refractivity contribution in [1.82, 2.24) is 14.5 Å². The van der Waals surface area contributed by atoms with Gasteiger partial charge in [-0.3, -0.25) is 4.79 Å². The summed E-state index contributed by atoms with van der Waals surface area (Å²) in [4.78, 5) is 16.3. The predicted octanol–water partition coefficient (Wildman–Crippen LogP) is 1.67. The Morgan fingerprint density at radius 1 is 1.25 bits per heavy atom. The first-order valence-corrected chi connectivity index (χ1v) is 10.4. The van der Waals surface area contributed by atoms with Crippen LogP contribution in [0.4, 0.5) is 0 Å². The molecule has 0 unspecified atom stereocenters. The average molecular weight is 418 g/mol. The van der Waals surface area contributed by atoms with Crippen LogP contribution in [-0.4, -0.2) is 63.9 Å². The molecule has 1 amide bonds. The van der Waals surface area contributed by atoms with Crippen LogP contribution in [0.5, 0.6) is 0 Å².